The Morgan fingerprint density at radius 3 is 2.64 bits per heavy atom. The molecule has 28 heavy (non-hydrogen) atoms. The Kier molecular flexibility index (Phi) is 5.07. The van der Waals surface area contributed by atoms with Crippen LogP contribution in [0.1, 0.15) is 42.6 Å². The van der Waals surface area contributed by atoms with Gasteiger partial charge < -0.3 is 14.4 Å². The monoisotopic (exact) mass is 378 g/mol. The first-order chi connectivity index (χ1) is 13.5. The fourth-order valence-corrected chi connectivity index (χ4v) is 4.06. The second-order valence-corrected chi connectivity index (χ2v) is 7.77. The van der Waals surface area contributed by atoms with Crippen molar-refractivity contribution < 1.29 is 14.6 Å². The number of aliphatic carboxylic acids is 1. The zero-order chi connectivity index (χ0) is 19.7. The molecule has 0 unspecified atom stereocenters. The molecule has 1 heterocycles. The van der Waals surface area contributed by atoms with Gasteiger partial charge in [0.1, 0.15) is 11.6 Å². The van der Waals surface area contributed by atoms with Gasteiger partial charge in [-0.25, -0.2) is 4.98 Å². The van der Waals surface area contributed by atoms with E-state index in [4.69, 9.17) is 14.8 Å². The highest BCUT2D eigenvalue weighted by atomic mass is 16.5. The third-order valence-corrected chi connectivity index (χ3v) is 5.88. The van der Waals surface area contributed by atoms with Gasteiger partial charge in [0.2, 0.25) is 0 Å². The lowest BCUT2D eigenvalue weighted by Gasteiger charge is -2.26. The van der Waals surface area contributed by atoms with Crippen LogP contribution in [-0.2, 0) is 18.3 Å². The Labute approximate surface area is 165 Å². The summed E-state index contributed by atoms with van der Waals surface area (Å²) in [4.78, 5) is 15.9. The summed E-state index contributed by atoms with van der Waals surface area (Å²) in [5.41, 5.74) is 4.58. The van der Waals surface area contributed by atoms with Crippen LogP contribution in [0.25, 0.3) is 11.0 Å². The molecular weight excluding hydrogens is 352 g/mol. The molecular formula is C23H26N2O3. The normalized spacial score (nSPS) is 19.6. The summed E-state index contributed by atoms with van der Waals surface area (Å²) in [6.07, 6.45) is 3.83. The maximum absolute atomic E-state index is 11.1. The molecule has 0 spiro atoms. The van der Waals surface area contributed by atoms with Crippen LogP contribution in [0.15, 0.2) is 42.5 Å². The summed E-state index contributed by atoms with van der Waals surface area (Å²) < 4.78 is 8.28. The number of rotatable bonds is 5. The van der Waals surface area contributed by atoms with Crippen LogP contribution in [0, 0.1) is 12.8 Å². The van der Waals surface area contributed by atoms with E-state index in [0.29, 0.717) is 12.8 Å². The van der Waals surface area contributed by atoms with E-state index < -0.39 is 5.97 Å². The van der Waals surface area contributed by atoms with Gasteiger partial charge in [-0.3, -0.25) is 4.79 Å². The van der Waals surface area contributed by atoms with E-state index in [2.05, 4.69) is 48.9 Å². The number of nitrogens with zero attached hydrogens (tertiary/aromatic N) is 2. The molecule has 146 valence electrons. The summed E-state index contributed by atoms with van der Waals surface area (Å²) in [6, 6.07) is 14.4. The molecule has 4 rings (SSSR count). The fourth-order valence-electron chi connectivity index (χ4n) is 4.06. The van der Waals surface area contributed by atoms with Crippen LogP contribution in [0.4, 0.5) is 0 Å². The van der Waals surface area contributed by atoms with Gasteiger partial charge in [-0.15, -0.1) is 0 Å². The number of carboxylic acid groups (broad SMARTS) is 1. The molecule has 2 aromatic carbocycles. The van der Waals surface area contributed by atoms with Gasteiger partial charge >= 0.3 is 5.97 Å². The maximum atomic E-state index is 11.1. The largest absolute Gasteiger partial charge is 0.490 e. The minimum atomic E-state index is -0.686. The molecule has 1 aromatic heterocycles. The van der Waals surface area contributed by atoms with Crippen molar-refractivity contribution in [3.63, 3.8) is 0 Å². The van der Waals surface area contributed by atoms with E-state index >= 15 is 0 Å². The number of aromatic nitrogens is 2. The van der Waals surface area contributed by atoms with Gasteiger partial charge in [0.25, 0.3) is 0 Å². The lowest BCUT2D eigenvalue weighted by Crippen LogP contribution is -2.27. The molecule has 1 saturated carbocycles. The van der Waals surface area contributed by atoms with E-state index in [1.165, 1.54) is 11.1 Å². The Bertz CT molecular complexity index is 1000. The topological polar surface area (TPSA) is 64.3 Å². The first-order valence-electron chi connectivity index (χ1n) is 9.90. The maximum Gasteiger partial charge on any atom is 0.306 e. The predicted octanol–water partition coefficient (Wildman–Crippen LogP) is 4.49. The molecule has 5 nitrogen and oxygen atoms in total. The molecule has 1 aliphatic rings. The number of carboxylic acids is 1. The third-order valence-electron chi connectivity index (χ3n) is 5.88. The fraction of sp³-hybridized carbons (Fsp3) is 0.391. The van der Waals surface area contributed by atoms with Crippen LogP contribution in [0.5, 0.6) is 5.75 Å². The Hall–Kier alpha value is -2.82. The quantitative estimate of drug-likeness (QED) is 0.710. The summed E-state index contributed by atoms with van der Waals surface area (Å²) in [7, 11) is 2.05. The average Bonchev–Trinajstić information content (AvgIpc) is 2.99. The zero-order valence-electron chi connectivity index (χ0n) is 16.4. The predicted molar refractivity (Wildman–Crippen MR) is 109 cm³/mol. The lowest BCUT2D eigenvalue weighted by atomic mass is 9.87. The molecule has 0 aliphatic heterocycles. The van der Waals surface area contributed by atoms with E-state index in [0.717, 1.165) is 41.9 Å². The van der Waals surface area contributed by atoms with Crippen molar-refractivity contribution in [2.24, 2.45) is 13.0 Å². The van der Waals surface area contributed by atoms with Gasteiger partial charge in [0.05, 0.1) is 23.1 Å². The average molecular weight is 378 g/mol. The standard InChI is InChI=1S/C23H26N2O3/c1-15-5-3-4-6-17(15)13-22-24-20-14-19(11-12-21(20)25(22)2)28-18-9-7-16(8-10-18)23(26)27/h3-6,11-12,14,16,18H,7-10,13H2,1-2H3,(H,26,27)/t16-,18+. The number of carbonyl (C=O) groups is 1. The third kappa shape index (κ3) is 3.75. The second kappa shape index (κ2) is 7.66. The van der Waals surface area contributed by atoms with Crippen LogP contribution in [0.3, 0.4) is 0 Å². The summed E-state index contributed by atoms with van der Waals surface area (Å²) in [6.45, 7) is 2.13. The van der Waals surface area contributed by atoms with E-state index in [9.17, 15) is 4.79 Å². The molecule has 0 radical (unpaired) electrons. The van der Waals surface area contributed by atoms with Crippen molar-refractivity contribution in [1.29, 1.82) is 0 Å². The Balaban J connectivity index is 1.50. The first-order valence-corrected chi connectivity index (χ1v) is 9.90. The van der Waals surface area contributed by atoms with Crippen molar-refractivity contribution in [2.75, 3.05) is 0 Å². The van der Waals surface area contributed by atoms with Crippen molar-refractivity contribution in [2.45, 2.75) is 45.1 Å². The number of hydrogen-bond donors (Lipinski definition) is 1. The van der Waals surface area contributed by atoms with Gasteiger partial charge in [-0.2, -0.15) is 0 Å². The smallest absolute Gasteiger partial charge is 0.306 e. The van der Waals surface area contributed by atoms with Crippen molar-refractivity contribution in [3.8, 4) is 5.75 Å². The van der Waals surface area contributed by atoms with Gasteiger partial charge in [-0.05, 0) is 55.9 Å². The van der Waals surface area contributed by atoms with Gasteiger partial charge in [-0.1, -0.05) is 24.3 Å². The zero-order valence-corrected chi connectivity index (χ0v) is 16.4. The Morgan fingerprint density at radius 1 is 1.18 bits per heavy atom. The SMILES string of the molecule is Cc1ccccc1Cc1nc2cc(O[C@H]3CC[C@@H](C(=O)O)CC3)ccc2n1C. The summed E-state index contributed by atoms with van der Waals surface area (Å²) in [5, 5.41) is 9.13. The van der Waals surface area contributed by atoms with Gasteiger partial charge in [0.15, 0.2) is 0 Å². The van der Waals surface area contributed by atoms with E-state index in [-0.39, 0.29) is 12.0 Å². The molecule has 3 aromatic rings. The highest BCUT2D eigenvalue weighted by molar-refractivity contribution is 5.77. The highest BCUT2D eigenvalue weighted by Gasteiger charge is 2.27. The lowest BCUT2D eigenvalue weighted by molar-refractivity contribution is -0.143. The molecule has 0 atom stereocenters. The molecule has 5 heteroatoms. The number of benzene rings is 2. The minimum absolute atomic E-state index is 0.0863. The van der Waals surface area contributed by atoms with Crippen LogP contribution < -0.4 is 4.74 Å². The number of aryl methyl sites for hydroxylation is 2. The number of ether oxygens (including phenoxy) is 1. The number of imidazole rings is 1. The van der Waals surface area contributed by atoms with Crippen LogP contribution in [-0.4, -0.2) is 26.7 Å². The molecule has 0 saturated heterocycles. The van der Waals surface area contributed by atoms with E-state index in [1.807, 2.05) is 12.1 Å². The van der Waals surface area contributed by atoms with E-state index in [1.54, 1.807) is 0 Å². The summed E-state index contributed by atoms with van der Waals surface area (Å²) >= 11 is 0. The van der Waals surface area contributed by atoms with Crippen molar-refractivity contribution >= 4 is 17.0 Å². The van der Waals surface area contributed by atoms with Crippen LogP contribution in [0.2, 0.25) is 0 Å². The van der Waals surface area contributed by atoms with Gasteiger partial charge in [0, 0.05) is 19.5 Å². The van der Waals surface area contributed by atoms with Crippen molar-refractivity contribution in [3.05, 3.63) is 59.4 Å². The number of hydrogen-bond acceptors (Lipinski definition) is 3. The summed E-state index contributed by atoms with van der Waals surface area (Å²) in [5.74, 6) is 0.937. The molecule has 0 amide bonds. The molecule has 1 fully saturated rings. The minimum Gasteiger partial charge on any atom is -0.490 e. The Morgan fingerprint density at radius 2 is 1.93 bits per heavy atom. The second-order valence-electron chi connectivity index (χ2n) is 7.77. The molecule has 1 N–H and O–H groups in total. The van der Waals surface area contributed by atoms with Crippen molar-refractivity contribution in [1.82, 2.24) is 9.55 Å². The first kappa shape index (κ1) is 18.5. The molecule has 0 bridgehead atoms. The highest BCUT2D eigenvalue weighted by Crippen LogP contribution is 2.29. The molecule has 1 aliphatic carbocycles. The number of fused-ring (bicyclic) bond motifs is 1. The van der Waals surface area contributed by atoms with Crippen LogP contribution >= 0.6 is 0 Å².